The lowest BCUT2D eigenvalue weighted by Gasteiger charge is -2.32. The largest absolute Gasteiger partial charge is 0.478 e. The van der Waals surface area contributed by atoms with Gasteiger partial charge in [-0.3, -0.25) is 4.90 Å². The second-order valence-electron chi connectivity index (χ2n) is 5.90. The summed E-state index contributed by atoms with van der Waals surface area (Å²) in [5.41, 5.74) is 1.23. The van der Waals surface area contributed by atoms with E-state index >= 15 is 0 Å². The maximum absolute atomic E-state index is 11.0. The molecule has 0 aliphatic rings. The Bertz CT molecular complexity index is 470. The first-order chi connectivity index (χ1) is 9.88. The fourth-order valence-electron chi connectivity index (χ4n) is 2.64. The van der Waals surface area contributed by atoms with Crippen molar-refractivity contribution in [2.24, 2.45) is 5.92 Å². The second kappa shape index (κ2) is 8.40. The van der Waals surface area contributed by atoms with Gasteiger partial charge in [0.2, 0.25) is 0 Å². The molecule has 1 rings (SSSR count). The van der Waals surface area contributed by atoms with Crippen LogP contribution in [0.25, 0.3) is 0 Å². The Labute approximate surface area is 132 Å². The summed E-state index contributed by atoms with van der Waals surface area (Å²) < 4.78 is 0. The van der Waals surface area contributed by atoms with Crippen LogP contribution >= 0.6 is 11.6 Å². The van der Waals surface area contributed by atoms with Crippen LogP contribution in [0.2, 0.25) is 5.02 Å². The predicted octanol–water partition coefficient (Wildman–Crippen LogP) is 4.68. The molecule has 0 atom stereocenters. The molecule has 0 radical (unpaired) electrons. The molecule has 0 saturated carbocycles. The van der Waals surface area contributed by atoms with Gasteiger partial charge in [0.1, 0.15) is 0 Å². The first-order valence-electron chi connectivity index (χ1n) is 7.64. The van der Waals surface area contributed by atoms with Crippen molar-refractivity contribution >= 4 is 17.6 Å². The summed E-state index contributed by atoms with van der Waals surface area (Å²) in [4.78, 5) is 13.4. The van der Waals surface area contributed by atoms with Crippen molar-refractivity contribution in [1.82, 2.24) is 4.90 Å². The van der Waals surface area contributed by atoms with Crippen LogP contribution in [0.5, 0.6) is 0 Å². The van der Waals surface area contributed by atoms with Gasteiger partial charge in [-0.1, -0.05) is 45.4 Å². The normalized spacial score (nSPS) is 11.6. The number of hydrogen-bond donors (Lipinski definition) is 1. The third-order valence-electron chi connectivity index (χ3n) is 3.73. The smallest absolute Gasteiger partial charge is 0.335 e. The number of hydrogen-bond acceptors (Lipinski definition) is 2. The van der Waals surface area contributed by atoms with Crippen molar-refractivity contribution in [1.29, 1.82) is 0 Å². The van der Waals surface area contributed by atoms with Gasteiger partial charge in [0.15, 0.2) is 0 Å². The molecule has 0 aliphatic heterocycles. The molecule has 0 aliphatic carbocycles. The van der Waals surface area contributed by atoms with Crippen molar-refractivity contribution in [3.63, 3.8) is 0 Å². The van der Waals surface area contributed by atoms with Gasteiger partial charge in [0.25, 0.3) is 0 Å². The Morgan fingerprint density at radius 3 is 2.33 bits per heavy atom. The Morgan fingerprint density at radius 1 is 1.29 bits per heavy atom. The molecule has 0 saturated heterocycles. The molecule has 21 heavy (non-hydrogen) atoms. The fourth-order valence-corrected chi connectivity index (χ4v) is 2.88. The van der Waals surface area contributed by atoms with Crippen LogP contribution in [0.1, 0.15) is 56.5 Å². The van der Waals surface area contributed by atoms with Gasteiger partial charge in [-0.25, -0.2) is 4.79 Å². The molecule has 3 nitrogen and oxygen atoms in total. The van der Waals surface area contributed by atoms with Crippen LogP contribution in [0.3, 0.4) is 0 Å². The zero-order valence-electron chi connectivity index (χ0n) is 13.4. The third-order valence-corrected chi connectivity index (χ3v) is 4.08. The van der Waals surface area contributed by atoms with Crippen LogP contribution in [-0.4, -0.2) is 28.6 Å². The zero-order valence-corrected chi connectivity index (χ0v) is 14.2. The van der Waals surface area contributed by atoms with E-state index in [9.17, 15) is 4.79 Å². The van der Waals surface area contributed by atoms with Crippen molar-refractivity contribution < 1.29 is 9.90 Å². The number of rotatable bonds is 8. The standard InChI is InChI=1S/C17H26ClNO2/c1-5-15(6-2)19(10-12(3)4)11-14-8-7-13(17(20)21)9-16(14)18/h7-9,12,15H,5-6,10-11H2,1-4H3,(H,20,21). The molecule has 0 spiro atoms. The van der Waals surface area contributed by atoms with Gasteiger partial charge in [0.05, 0.1) is 5.56 Å². The number of carboxylic acids is 1. The van der Waals surface area contributed by atoms with E-state index in [2.05, 4.69) is 32.6 Å². The summed E-state index contributed by atoms with van der Waals surface area (Å²) in [5.74, 6) is -0.356. The van der Waals surface area contributed by atoms with E-state index in [1.165, 1.54) is 0 Å². The number of carbonyl (C=O) groups is 1. The molecule has 1 aromatic carbocycles. The Morgan fingerprint density at radius 2 is 1.90 bits per heavy atom. The van der Waals surface area contributed by atoms with Gasteiger partial charge in [0, 0.05) is 24.2 Å². The molecule has 0 amide bonds. The quantitative estimate of drug-likeness (QED) is 0.757. The highest BCUT2D eigenvalue weighted by molar-refractivity contribution is 6.31. The summed E-state index contributed by atoms with van der Waals surface area (Å²) in [7, 11) is 0. The molecule has 118 valence electrons. The van der Waals surface area contributed by atoms with Gasteiger partial charge in [-0.15, -0.1) is 0 Å². The molecule has 0 heterocycles. The minimum absolute atomic E-state index is 0.238. The lowest BCUT2D eigenvalue weighted by molar-refractivity contribution is 0.0697. The molecule has 1 aromatic rings. The number of halogens is 1. The van der Waals surface area contributed by atoms with Crippen molar-refractivity contribution in [3.05, 3.63) is 34.3 Å². The number of carboxylic acid groups (broad SMARTS) is 1. The predicted molar refractivity (Wildman–Crippen MR) is 88.0 cm³/mol. The first-order valence-corrected chi connectivity index (χ1v) is 8.02. The molecule has 1 N–H and O–H groups in total. The van der Waals surface area contributed by atoms with Gasteiger partial charge in [-0.05, 0) is 36.5 Å². The SMILES string of the molecule is CCC(CC)N(Cc1ccc(C(=O)O)cc1Cl)CC(C)C. The summed E-state index contributed by atoms with van der Waals surface area (Å²) in [6, 6.07) is 5.54. The molecule has 0 fully saturated rings. The lowest BCUT2D eigenvalue weighted by Crippen LogP contribution is -2.36. The highest BCUT2D eigenvalue weighted by atomic mass is 35.5. The van der Waals surface area contributed by atoms with E-state index in [0.29, 0.717) is 17.0 Å². The molecular formula is C17H26ClNO2. The number of nitrogens with zero attached hydrogens (tertiary/aromatic N) is 1. The van der Waals surface area contributed by atoms with Crippen LogP contribution in [0, 0.1) is 5.92 Å². The van der Waals surface area contributed by atoms with E-state index < -0.39 is 5.97 Å². The zero-order chi connectivity index (χ0) is 16.0. The topological polar surface area (TPSA) is 40.5 Å². The molecule has 0 aromatic heterocycles. The fraction of sp³-hybridized carbons (Fsp3) is 0.588. The van der Waals surface area contributed by atoms with E-state index in [-0.39, 0.29) is 5.56 Å². The van der Waals surface area contributed by atoms with Crippen LogP contribution in [0.15, 0.2) is 18.2 Å². The van der Waals surface area contributed by atoms with Crippen LogP contribution in [-0.2, 0) is 6.54 Å². The maximum atomic E-state index is 11.0. The van der Waals surface area contributed by atoms with E-state index in [4.69, 9.17) is 16.7 Å². The van der Waals surface area contributed by atoms with Gasteiger partial charge in [-0.2, -0.15) is 0 Å². The van der Waals surface area contributed by atoms with E-state index in [1.807, 2.05) is 6.07 Å². The highest BCUT2D eigenvalue weighted by Gasteiger charge is 2.18. The Balaban J connectivity index is 2.94. The first kappa shape index (κ1) is 18.0. The minimum atomic E-state index is -0.942. The summed E-state index contributed by atoms with van der Waals surface area (Å²) >= 11 is 6.26. The number of aromatic carboxylic acids is 1. The van der Waals surface area contributed by atoms with E-state index in [1.54, 1.807) is 12.1 Å². The third kappa shape index (κ3) is 5.33. The van der Waals surface area contributed by atoms with Gasteiger partial charge >= 0.3 is 5.97 Å². The molecular weight excluding hydrogens is 286 g/mol. The monoisotopic (exact) mass is 311 g/mol. The van der Waals surface area contributed by atoms with Crippen molar-refractivity contribution in [3.8, 4) is 0 Å². The highest BCUT2D eigenvalue weighted by Crippen LogP contribution is 2.22. The summed E-state index contributed by atoms with van der Waals surface area (Å²) in [6.45, 7) is 10.6. The summed E-state index contributed by atoms with van der Waals surface area (Å²) in [5, 5.41) is 9.53. The van der Waals surface area contributed by atoms with E-state index in [0.717, 1.165) is 31.5 Å². The lowest BCUT2D eigenvalue weighted by atomic mass is 10.0. The van der Waals surface area contributed by atoms with Crippen LogP contribution < -0.4 is 0 Å². The average molecular weight is 312 g/mol. The average Bonchev–Trinajstić information content (AvgIpc) is 2.41. The second-order valence-corrected chi connectivity index (χ2v) is 6.31. The Kier molecular flexibility index (Phi) is 7.20. The summed E-state index contributed by atoms with van der Waals surface area (Å²) in [6.07, 6.45) is 2.21. The molecule has 0 bridgehead atoms. The number of benzene rings is 1. The Hall–Kier alpha value is -1.06. The van der Waals surface area contributed by atoms with Crippen molar-refractivity contribution in [2.45, 2.75) is 53.1 Å². The molecule has 4 heteroatoms. The minimum Gasteiger partial charge on any atom is -0.478 e. The van der Waals surface area contributed by atoms with Crippen LogP contribution in [0.4, 0.5) is 0 Å². The maximum Gasteiger partial charge on any atom is 0.335 e. The van der Waals surface area contributed by atoms with Gasteiger partial charge < -0.3 is 5.11 Å². The van der Waals surface area contributed by atoms with Crippen molar-refractivity contribution in [2.75, 3.05) is 6.54 Å². The molecule has 0 unspecified atom stereocenters.